The minimum atomic E-state index is -0.830. The predicted molar refractivity (Wildman–Crippen MR) is 97.8 cm³/mol. The second kappa shape index (κ2) is 9.98. The lowest BCUT2D eigenvalue weighted by atomic mass is 9.83. The number of nitrogens with two attached hydrogens (primary N) is 1. The quantitative estimate of drug-likeness (QED) is 0.205. The molecule has 0 aliphatic heterocycles. The monoisotopic (exact) mass is 343 g/mol. The first-order chi connectivity index (χ1) is 10.8. The van der Waals surface area contributed by atoms with E-state index in [4.69, 9.17) is 10.5 Å². The fourth-order valence-corrected chi connectivity index (χ4v) is 1.63. The highest BCUT2D eigenvalue weighted by molar-refractivity contribution is 6.37. The Bertz CT molecular complexity index is 416. The molecule has 6 N–H and O–H groups in total. The maximum atomic E-state index is 11.9. The second-order valence-corrected chi connectivity index (χ2v) is 7.49. The zero-order chi connectivity index (χ0) is 19.0. The van der Waals surface area contributed by atoms with E-state index in [0.29, 0.717) is 26.4 Å². The molecule has 1 atom stereocenters. The summed E-state index contributed by atoms with van der Waals surface area (Å²) in [4.78, 5) is 22.9. The number of carbonyl (C=O) groups excluding carboxylic acids is 2. The van der Waals surface area contributed by atoms with Crippen LogP contribution in [-0.2, 0) is 9.53 Å². The SMILES string of the molecule is CC(=O)C(N)CBNC(=O)NC(C)(C)OCC(C)(C)NNC(C)C. The molecule has 0 heterocycles. The number of ether oxygens (including phenoxy) is 1. The average Bonchev–Trinajstić information content (AvgIpc) is 2.42. The molecule has 0 aliphatic rings. The Balaban J connectivity index is 4.19. The first-order valence-corrected chi connectivity index (χ1v) is 8.33. The van der Waals surface area contributed by atoms with Crippen molar-refractivity contribution >= 4 is 19.2 Å². The third-order valence-corrected chi connectivity index (χ3v) is 3.17. The first kappa shape index (κ1) is 22.8. The molecule has 0 aromatic heterocycles. The zero-order valence-corrected chi connectivity index (χ0v) is 16.1. The molecule has 0 aliphatic carbocycles. The van der Waals surface area contributed by atoms with E-state index in [1.165, 1.54) is 6.92 Å². The number of hydrogen-bond donors (Lipinski definition) is 5. The van der Waals surface area contributed by atoms with Gasteiger partial charge in [0.15, 0.2) is 0 Å². The predicted octanol–water partition coefficient (Wildman–Crippen LogP) is 0.00560. The Labute approximate surface area is 146 Å². The standard InChI is InChI=1S/C15H34BN5O3/c1-10(2)20-21-14(4,5)9-24-15(6,7)18-13(23)19-16-8-12(17)11(3)22/h10,12,16,20-21H,8-9,17H2,1-7H3,(H2,18,19,23). The Morgan fingerprint density at radius 1 is 1.21 bits per heavy atom. The zero-order valence-electron chi connectivity index (χ0n) is 16.1. The maximum absolute atomic E-state index is 11.9. The van der Waals surface area contributed by atoms with Gasteiger partial charge >= 0.3 is 6.03 Å². The van der Waals surface area contributed by atoms with Crippen LogP contribution in [0.2, 0.25) is 6.32 Å². The highest BCUT2D eigenvalue weighted by atomic mass is 16.5. The summed E-state index contributed by atoms with van der Waals surface area (Å²) in [6, 6.07) is -0.598. The minimum Gasteiger partial charge on any atom is -0.385 e. The molecule has 0 radical (unpaired) electrons. The number of hydrazine groups is 1. The van der Waals surface area contributed by atoms with Crippen molar-refractivity contribution in [2.24, 2.45) is 5.73 Å². The third-order valence-electron chi connectivity index (χ3n) is 3.17. The second-order valence-electron chi connectivity index (χ2n) is 7.49. The normalized spacial score (nSPS) is 13.5. The van der Waals surface area contributed by atoms with Crippen LogP contribution in [0.3, 0.4) is 0 Å². The summed E-state index contributed by atoms with van der Waals surface area (Å²) >= 11 is 0. The van der Waals surface area contributed by atoms with Crippen molar-refractivity contribution in [1.82, 2.24) is 21.4 Å². The molecule has 0 bridgehead atoms. The number of amides is 2. The van der Waals surface area contributed by atoms with Crippen molar-refractivity contribution in [1.29, 1.82) is 0 Å². The summed E-state index contributed by atoms with van der Waals surface area (Å²) in [5.41, 5.74) is 10.8. The van der Waals surface area contributed by atoms with Gasteiger partial charge in [0, 0.05) is 6.04 Å². The van der Waals surface area contributed by atoms with Crippen LogP contribution in [0.15, 0.2) is 0 Å². The van der Waals surface area contributed by atoms with Crippen LogP contribution < -0.4 is 27.1 Å². The lowest BCUT2D eigenvalue weighted by Crippen LogP contribution is -2.57. The summed E-state index contributed by atoms with van der Waals surface area (Å²) < 4.78 is 5.81. The Hall–Kier alpha value is -1.16. The molecule has 140 valence electrons. The van der Waals surface area contributed by atoms with E-state index in [-0.39, 0.29) is 17.4 Å². The number of ketones is 1. The molecular formula is C15H34BN5O3. The Morgan fingerprint density at radius 2 is 1.79 bits per heavy atom. The molecule has 0 spiro atoms. The van der Waals surface area contributed by atoms with Crippen LogP contribution in [0.1, 0.15) is 48.5 Å². The summed E-state index contributed by atoms with van der Waals surface area (Å²) in [6.45, 7) is 13.5. The Morgan fingerprint density at radius 3 is 2.29 bits per heavy atom. The van der Waals surface area contributed by atoms with E-state index in [9.17, 15) is 9.59 Å². The fourth-order valence-electron chi connectivity index (χ4n) is 1.63. The Kier molecular flexibility index (Phi) is 9.50. The molecule has 1 unspecified atom stereocenters. The first-order valence-electron chi connectivity index (χ1n) is 8.33. The van der Waals surface area contributed by atoms with Crippen LogP contribution in [0.4, 0.5) is 4.79 Å². The molecule has 0 saturated carbocycles. The molecule has 0 aromatic rings. The van der Waals surface area contributed by atoms with Gasteiger partial charge in [0.25, 0.3) is 0 Å². The molecule has 9 heteroatoms. The lowest BCUT2D eigenvalue weighted by Gasteiger charge is -2.33. The molecule has 0 saturated heterocycles. The van der Waals surface area contributed by atoms with Gasteiger partial charge in [-0.15, -0.1) is 0 Å². The molecular weight excluding hydrogens is 309 g/mol. The van der Waals surface area contributed by atoms with Gasteiger partial charge in [-0.1, -0.05) is 0 Å². The average molecular weight is 343 g/mol. The maximum Gasteiger partial charge on any atom is 0.304 e. The van der Waals surface area contributed by atoms with Crippen LogP contribution in [0, 0.1) is 0 Å². The van der Waals surface area contributed by atoms with E-state index >= 15 is 0 Å². The summed E-state index contributed by atoms with van der Waals surface area (Å²) in [5.74, 6) is -0.0920. The molecule has 0 fully saturated rings. The van der Waals surface area contributed by atoms with Crippen molar-refractivity contribution in [3.63, 3.8) is 0 Å². The highest BCUT2D eigenvalue weighted by Gasteiger charge is 2.26. The summed E-state index contributed by atoms with van der Waals surface area (Å²) in [7, 11) is 0.327. The number of hydrogen-bond acceptors (Lipinski definition) is 6. The van der Waals surface area contributed by atoms with Gasteiger partial charge in [-0.2, -0.15) is 0 Å². The topological polar surface area (TPSA) is 118 Å². The van der Waals surface area contributed by atoms with E-state index in [1.54, 1.807) is 13.8 Å². The van der Waals surface area contributed by atoms with Crippen molar-refractivity contribution in [3.05, 3.63) is 0 Å². The van der Waals surface area contributed by atoms with E-state index in [2.05, 4.69) is 21.4 Å². The summed E-state index contributed by atoms with van der Waals surface area (Å²) in [5, 5.41) is 5.42. The molecule has 8 nitrogen and oxygen atoms in total. The van der Waals surface area contributed by atoms with Crippen LogP contribution in [0.5, 0.6) is 0 Å². The van der Waals surface area contributed by atoms with Gasteiger partial charge < -0.3 is 21.0 Å². The number of urea groups is 1. The van der Waals surface area contributed by atoms with Gasteiger partial charge in [-0.3, -0.25) is 15.0 Å². The van der Waals surface area contributed by atoms with Crippen LogP contribution >= 0.6 is 0 Å². The van der Waals surface area contributed by atoms with Crippen LogP contribution in [0.25, 0.3) is 0 Å². The molecule has 24 heavy (non-hydrogen) atoms. The van der Waals surface area contributed by atoms with Crippen LogP contribution in [-0.4, -0.2) is 49.2 Å². The van der Waals surface area contributed by atoms with Crippen molar-refractivity contribution in [2.45, 2.75) is 78.1 Å². The highest BCUT2D eigenvalue weighted by Crippen LogP contribution is 2.10. The van der Waals surface area contributed by atoms with Gasteiger partial charge in [-0.05, 0) is 54.8 Å². The number of nitrogens with one attached hydrogen (secondary N) is 4. The van der Waals surface area contributed by atoms with Gasteiger partial charge in [0.2, 0.25) is 7.41 Å². The van der Waals surface area contributed by atoms with Gasteiger partial charge in [-0.25, -0.2) is 5.43 Å². The van der Waals surface area contributed by atoms with Crippen molar-refractivity contribution in [2.75, 3.05) is 6.61 Å². The van der Waals surface area contributed by atoms with E-state index < -0.39 is 11.8 Å². The van der Waals surface area contributed by atoms with Crippen molar-refractivity contribution in [3.8, 4) is 0 Å². The summed E-state index contributed by atoms with van der Waals surface area (Å²) in [6.07, 6.45) is 0.405. The van der Waals surface area contributed by atoms with E-state index in [0.717, 1.165) is 0 Å². The fraction of sp³-hybridized carbons (Fsp3) is 0.867. The molecule has 0 aromatic carbocycles. The smallest absolute Gasteiger partial charge is 0.304 e. The number of carbonyl (C=O) groups is 2. The van der Waals surface area contributed by atoms with Gasteiger partial charge in [0.1, 0.15) is 11.5 Å². The van der Waals surface area contributed by atoms with Crippen molar-refractivity contribution < 1.29 is 14.3 Å². The largest absolute Gasteiger partial charge is 0.385 e. The molecule has 0 rings (SSSR count). The lowest BCUT2D eigenvalue weighted by molar-refractivity contribution is -0.117. The number of Topliss-reactive ketones (excluding diaryl/α,β-unsaturated/α-hetero) is 1. The molecule has 2 amide bonds. The minimum absolute atomic E-state index is 0.0920. The van der Waals surface area contributed by atoms with E-state index in [1.807, 2.05) is 27.7 Å². The number of rotatable bonds is 11. The van der Waals surface area contributed by atoms with Gasteiger partial charge in [0.05, 0.1) is 18.2 Å². The third kappa shape index (κ3) is 11.4.